The lowest BCUT2D eigenvalue weighted by atomic mass is 9.91. The molecule has 0 aliphatic carbocycles. The van der Waals surface area contributed by atoms with Gasteiger partial charge in [-0.05, 0) is 148 Å². The molecule has 12 aromatic carbocycles. The second-order valence-corrected chi connectivity index (χ2v) is 17.0. The summed E-state index contributed by atoms with van der Waals surface area (Å²) in [6.07, 6.45) is 0. The Balaban J connectivity index is 0.971. The van der Waals surface area contributed by atoms with Crippen molar-refractivity contribution in [3.05, 3.63) is 253 Å². The van der Waals surface area contributed by atoms with Crippen molar-refractivity contribution in [1.29, 1.82) is 0 Å². The maximum Gasteiger partial charge on any atom is 0.0803 e. The van der Waals surface area contributed by atoms with Crippen molar-refractivity contribution >= 4 is 87.4 Å². The van der Waals surface area contributed by atoms with Gasteiger partial charge in [0.2, 0.25) is 0 Å². The standard InChI is InChI=1S/C62H38N2/c1-3-11-41-29-47(19-17-39(41)9-1)49-21-23-53-33-55(27-25-51(53)31-49)61-57-35-43-13-5-7-15-45(43)37-59(57)64-62(58-36-44-14-6-8-16-46(44)38-60(58)63-61)56-28-26-52-32-50(22-24-54(52)34-56)48-20-18-40-10-2-4-12-42(40)30-48/h1-38H. The maximum atomic E-state index is 5.71. The summed E-state index contributed by atoms with van der Waals surface area (Å²) >= 11 is 0. The van der Waals surface area contributed by atoms with Crippen molar-refractivity contribution in [3.63, 3.8) is 0 Å². The average Bonchev–Trinajstić information content (AvgIpc) is 3.35. The molecule has 1 aliphatic heterocycles. The number of hydrogen-bond donors (Lipinski definition) is 0. The van der Waals surface area contributed by atoms with Crippen LogP contribution in [0.15, 0.2) is 241 Å². The lowest BCUT2D eigenvalue weighted by Crippen LogP contribution is -2.10. The van der Waals surface area contributed by atoms with Gasteiger partial charge in [0.25, 0.3) is 0 Å². The Hall–Kier alpha value is -8.46. The monoisotopic (exact) mass is 810 g/mol. The maximum absolute atomic E-state index is 5.71. The van der Waals surface area contributed by atoms with E-state index in [9.17, 15) is 0 Å². The molecule has 0 saturated heterocycles. The van der Waals surface area contributed by atoms with Gasteiger partial charge in [-0.25, -0.2) is 9.98 Å². The van der Waals surface area contributed by atoms with Gasteiger partial charge >= 0.3 is 0 Å². The minimum absolute atomic E-state index is 0.893. The third-order valence-corrected chi connectivity index (χ3v) is 13.1. The van der Waals surface area contributed by atoms with E-state index < -0.39 is 0 Å². The minimum atomic E-state index is 0.893. The summed E-state index contributed by atoms with van der Waals surface area (Å²) < 4.78 is 0. The van der Waals surface area contributed by atoms with E-state index >= 15 is 0 Å². The number of fused-ring (bicyclic) bond motifs is 8. The first kappa shape index (κ1) is 36.2. The first-order valence-corrected chi connectivity index (χ1v) is 21.9. The zero-order valence-electron chi connectivity index (χ0n) is 34.8. The molecule has 0 unspecified atom stereocenters. The van der Waals surface area contributed by atoms with Gasteiger partial charge in [-0.2, -0.15) is 0 Å². The summed E-state index contributed by atoms with van der Waals surface area (Å²) in [5.41, 5.74) is 12.5. The SMILES string of the molecule is c1ccc2cc(-c3ccc4cc(C5=Nc6cc7ccccc7cc6C(c6ccc7cc(-c8ccc9ccccc9c8)ccc7c6)=Nc6cc7ccccc7cc65)ccc4c3)ccc2c1. The molecule has 0 aromatic heterocycles. The van der Waals surface area contributed by atoms with Gasteiger partial charge in [0.15, 0.2) is 0 Å². The molecule has 13 rings (SSSR count). The molecule has 0 atom stereocenters. The molecule has 64 heavy (non-hydrogen) atoms. The van der Waals surface area contributed by atoms with Crippen LogP contribution in [0.5, 0.6) is 0 Å². The van der Waals surface area contributed by atoms with Crippen LogP contribution in [0.2, 0.25) is 0 Å². The van der Waals surface area contributed by atoms with Gasteiger partial charge in [0.05, 0.1) is 22.8 Å². The van der Waals surface area contributed by atoms with Crippen LogP contribution >= 0.6 is 0 Å². The Morgan fingerprint density at radius 1 is 0.188 bits per heavy atom. The average molecular weight is 811 g/mol. The van der Waals surface area contributed by atoms with E-state index in [0.29, 0.717) is 0 Å². The third-order valence-electron chi connectivity index (χ3n) is 13.1. The van der Waals surface area contributed by atoms with Crippen LogP contribution in [0.25, 0.3) is 86.9 Å². The molecule has 1 aliphatic rings. The first-order valence-electron chi connectivity index (χ1n) is 21.9. The molecule has 0 spiro atoms. The molecule has 0 N–H and O–H groups in total. The van der Waals surface area contributed by atoms with Crippen LogP contribution in [0.3, 0.4) is 0 Å². The molecule has 0 amide bonds. The molecular weight excluding hydrogens is 773 g/mol. The van der Waals surface area contributed by atoms with E-state index in [1.807, 2.05) is 0 Å². The lowest BCUT2D eigenvalue weighted by molar-refractivity contribution is 1.41. The van der Waals surface area contributed by atoms with Gasteiger partial charge in [-0.15, -0.1) is 0 Å². The lowest BCUT2D eigenvalue weighted by Gasteiger charge is -2.20. The summed E-state index contributed by atoms with van der Waals surface area (Å²) in [7, 11) is 0. The molecule has 296 valence electrons. The Labute approximate surface area is 370 Å². The third kappa shape index (κ3) is 6.27. The van der Waals surface area contributed by atoms with Crippen molar-refractivity contribution < 1.29 is 0 Å². The Morgan fingerprint density at radius 2 is 0.422 bits per heavy atom. The summed E-state index contributed by atoms with van der Waals surface area (Å²) in [5.74, 6) is 0. The van der Waals surface area contributed by atoms with Crippen LogP contribution in [-0.2, 0) is 0 Å². The number of rotatable bonds is 4. The van der Waals surface area contributed by atoms with Gasteiger partial charge in [0, 0.05) is 22.3 Å². The molecular formula is C62H38N2. The van der Waals surface area contributed by atoms with Crippen LogP contribution < -0.4 is 0 Å². The first-order chi connectivity index (χ1) is 31.6. The van der Waals surface area contributed by atoms with E-state index in [2.05, 4.69) is 231 Å². The van der Waals surface area contributed by atoms with E-state index in [1.165, 1.54) is 54.6 Å². The normalized spacial score (nSPS) is 12.6. The highest BCUT2D eigenvalue weighted by atomic mass is 14.8. The Morgan fingerprint density at radius 3 is 0.766 bits per heavy atom. The molecule has 2 nitrogen and oxygen atoms in total. The largest absolute Gasteiger partial charge is 0.247 e. The fraction of sp³-hybridized carbons (Fsp3) is 0. The minimum Gasteiger partial charge on any atom is -0.247 e. The molecule has 0 bridgehead atoms. The van der Waals surface area contributed by atoms with Crippen LogP contribution in [0.4, 0.5) is 11.4 Å². The number of aliphatic imine (C=N–C) groups is 2. The second kappa shape index (κ2) is 14.6. The van der Waals surface area contributed by atoms with Crippen molar-refractivity contribution in [2.75, 3.05) is 0 Å². The van der Waals surface area contributed by atoms with Crippen molar-refractivity contribution in [2.24, 2.45) is 9.98 Å². The van der Waals surface area contributed by atoms with E-state index in [1.54, 1.807) is 0 Å². The fourth-order valence-electron chi connectivity index (χ4n) is 9.71. The molecule has 0 saturated carbocycles. The highest BCUT2D eigenvalue weighted by molar-refractivity contribution is 6.25. The zero-order chi connectivity index (χ0) is 42.1. The van der Waals surface area contributed by atoms with E-state index in [-0.39, 0.29) is 0 Å². The Bertz CT molecular complexity index is 3700. The topological polar surface area (TPSA) is 24.7 Å². The molecule has 2 heteroatoms. The highest BCUT2D eigenvalue weighted by Gasteiger charge is 2.22. The van der Waals surface area contributed by atoms with Gasteiger partial charge in [-0.3, -0.25) is 0 Å². The van der Waals surface area contributed by atoms with E-state index in [0.717, 1.165) is 77.4 Å². The van der Waals surface area contributed by atoms with Gasteiger partial charge in [-0.1, -0.05) is 170 Å². The predicted octanol–water partition coefficient (Wildman–Crippen LogP) is 16.6. The van der Waals surface area contributed by atoms with Crippen LogP contribution in [0, 0.1) is 0 Å². The Kier molecular flexibility index (Phi) is 8.25. The summed E-state index contributed by atoms with van der Waals surface area (Å²) in [5, 5.41) is 14.3. The van der Waals surface area contributed by atoms with Crippen LogP contribution in [0.1, 0.15) is 22.3 Å². The van der Waals surface area contributed by atoms with Gasteiger partial charge < -0.3 is 0 Å². The fourth-order valence-corrected chi connectivity index (χ4v) is 9.71. The number of benzene rings is 12. The van der Waals surface area contributed by atoms with E-state index in [4.69, 9.17) is 9.98 Å². The second-order valence-electron chi connectivity index (χ2n) is 17.0. The zero-order valence-corrected chi connectivity index (χ0v) is 34.8. The predicted molar refractivity (Wildman–Crippen MR) is 272 cm³/mol. The summed E-state index contributed by atoms with van der Waals surface area (Å²) in [6, 6.07) is 83.8. The molecule has 0 fully saturated rings. The molecule has 1 heterocycles. The highest BCUT2D eigenvalue weighted by Crippen LogP contribution is 2.39. The van der Waals surface area contributed by atoms with Crippen molar-refractivity contribution in [3.8, 4) is 22.3 Å². The smallest absolute Gasteiger partial charge is 0.0803 e. The van der Waals surface area contributed by atoms with Crippen LogP contribution in [-0.4, -0.2) is 11.4 Å². The number of nitrogens with zero attached hydrogens (tertiary/aromatic N) is 2. The summed E-state index contributed by atoms with van der Waals surface area (Å²) in [6.45, 7) is 0. The van der Waals surface area contributed by atoms with Crippen molar-refractivity contribution in [2.45, 2.75) is 0 Å². The molecule has 0 radical (unpaired) electrons. The number of hydrogen-bond acceptors (Lipinski definition) is 2. The molecule has 12 aromatic rings. The summed E-state index contributed by atoms with van der Waals surface area (Å²) in [4.78, 5) is 11.4. The quantitative estimate of drug-likeness (QED) is 0.169. The van der Waals surface area contributed by atoms with Crippen molar-refractivity contribution in [1.82, 2.24) is 0 Å². The van der Waals surface area contributed by atoms with Gasteiger partial charge in [0.1, 0.15) is 0 Å².